The molecule has 0 spiro atoms. The summed E-state index contributed by atoms with van der Waals surface area (Å²) in [5, 5.41) is 3.10. The number of alkyl halides is 3. The van der Waals surface area contributed by atoms with Gasteiger partial charge >= 0.3 is 11.5 Å². The summed E-state index contributed by atoms with van der Waals surface area (Å²) in [6, 6.07) is 5.10. The number of esters is 1. The largest absolute Gasteiger partial charge is 0.468 e. The Balaban J connectivity index is 2.90. The first-order valence-electron chi connectivity index (χ1n) is 6.46. The molecule has 1 rings (SSSR count). The number of carbonyl (C=O) groups is 1. The average molecular weight is 321 g/mol. The van der Waals surface area contributed by atoms with Crippen LogP contribution < -0.4 is 5.32 Å². The molecule has 0 aliphatic heterocycles. The molecule has 1 N–H and O–H groups in total. The van der Waals surface area contributed by atoms with Crippen LogP contribution in [0.15, 0.2) is 29.2 Å². The molecule has 0 radical (unpaired) electrons. The zero-order chi connectivity index (χ0) is 16.0. The fraction of sp³-hybridized carbons (Fsp3) is 0.500. The number of benzene rings is 1. The maximum absolute atomic E-state index is 12.3. The smallest absolute Gasteiger partial charge is 0.446 e. The zero-order valence-electron chi connectivity index (χ0n) is 12.0. The molecule has 2 unspecified atom stereocenters. The van der Waals surface area contributed by atoms with E-state index in [1.165, 1.54) is 31.4 Å². The molecule has 3 nitrogen and oxygen atoms in total. The lowest BCUT2D eigenvalue weighted by atomic mass is 10.1. The molecule has 0 heterocycles. The number of ether oxygens (including phenoxy) is 1. The van der Waals surface area contributed by atoms with Gasteiger partial charge in [-0.15, -0.1) is 0 Å². The van der Waals surface area contributed by atoms with Crippen molar-refractivity contribution in [2.24, 2.45) is 0 Å². The maximum atomic E-state index is 12.3. The summed E-state index contributed by atoms with van der Waals surface area (Å²) in [6.07, 6.45) is 0.815. The molecule has 0 fully saturated rings. The van der Waals surface area contributed by atoms with Crippen molar-refractivity contribution in [2.75, 3.05) is 7.11 Å². The molecule has 7 heteroatoms. The van der Waals surface area contributed by atoms with Gasteiger partial charge in [0.1, 0.15) is 6.04 Å². The van der Waals surface area contributed by atoms with E-state index < -0.39 is 17.5 Å². The summed E-state index contributed by atoms with van der Waals surface area (Å²) in [4.78, 5) is 11.9. The summed E-state index contributed by atoms with van der Waals surface area (Å²) in [5.74, 6) is -0.466. The van der Waals surface area contributed by atoms with E-state index in [0.29, 0.717) is 5.56 Å². The molecule has 1 aromatic rings. The summed E-state index contributed by atoms with van der Waals surface area (Å²) >= 11 is -0.183. The summed E-state index contributed by atoms with van der Waals surface area (Å²) < 4.78 is 41.6. The van der Waals surface area contributed by atoms with Gasteiger partial charge in [0, 0.05) is 10.9 Å². The van der Waals surface area contributed by atoms with Gasteiger partial charge in [-0.3, -0.25) is 5.32 Å². The molecule has 2 atom stereocenters. The van der Waals surface area contributed by atoms with Crippen molar-refractivity contribution in [3.8, 4) is 0 Å². The third-order valence-corrected chi connectivity index (χ3v) is 3.69. The Hall–Kier alpha value is -1.21. The minimum Gasteiger partial charge on any atom is -0.468 e. The van der Waals surface area contributed by atoms with Crippen LogP contribution in [0.5, 0.6) is 0 Å². The summed E-state index contributed by atoms with van der Waals surface area (Å²) in [7, 11) is 1.28. The number of nitrogens with one attached hydrogen (secondary N) is 1. The third kappa shape index (κ3) is 5.97. The minimum atomic E-state index is -4.32. The molecule has 0 aliphatic rings. The van der Waals surface area contributed by atoms with Gasteiger partial charge in [0.25, 0.3) is 0 Å². The highest BCUT2D eigenvalue weighted by Gasteiger charge is 2.29. The van der Waals surface area contributed by atoms with Gasteiger partial charge < -0.3 is 4.74 Å². The topological polar surface area (TPSA) is 38.3 Å². The number of hydrogen-bond donors (Lipinski definition) is 1. The highest BCUT2D eigenvalue weighted by molar-refractivity contribution is 8.00. The molecule has 0 amide bonds. The van der Waals surface area contributed by atoms with Crippen molar-refractivity contribution < 1.29 is 22.7 Å². The highest BCUT2D eigenvalue weighted by Crippen LogP contribution is 2.37. The molecule has 0 aliphatic carbocycles. The van der Waals surface area contributed by atoms with Gasteiger partial charge in [-0.05, 0) is 42.8 Å². The molecular weight excluding hydrogens is 303 g/mol. The fourth-order valence-electron chi connectivity index (χ4n) is 1.68. The van der Waals surface area contributed by atoms with Crippen LogP contribution in [0.4, 0.5) is 13.2 Å². The molecule has 1 aromatic carbocycles. The molecule has 0 saturated carbocycles. The SMILES string of the molecule is CCC(C)NC(C(=O)OC)c1ccc(SC(F)(F)F)cc1. The van der Waals surface area contributed by atoms with Crippen LogP contribution in [0.2, 0.25) is 0 Å². The zero-order valence-corrected chi connectivity index (χ0v) is 12.8. The molecule has 21 heavy (non-hydrogen) atoms. The van der Waals surface area contributed by atoms with E-state index in [1.807, 2.05) is 13.8 Å². The van der Waals surface area contributed by atoms with Crippen LogP contribution in [0.1, 0.15) is 31.9 Å². The molecule has 0 bridgehead atoms. The number of hydrogen-bond acceptors (Lipinski definition) is 4. The van der Waals surface area contributed by atoms with E-state index in [-0.39, 0.29) is 22.7 Å². The van der Waals surface area contributed by atoms with Crippen molar-refractivity contribution in [2.45, 2.75) is 42.8 Å². The molecule has 0 aromatic heterocycles. The Morgan fingerprint density at radius 3 is 2.33 bits per heavy atom. The minimum absolute atomic E-state index is 0.0818. The lowest BCUT2D eigenvalue weighted by Crippen LogP contribution is -2.35. The lowest BCUT2D eigenvalue weighted by Gasteiger charge is -2.21. The van der Waals surface area contributed by atoms with Crippen molar-refractivity contribution in [3.63, 3.8) is 0 Å². The van der Waals surface area contributed by atoms with Crippen LogP contribution in [-0.4, -0.2) is 24.6 Å². The normalized spacial score (nSPS) is 14.6. The van der Waals surface area contributed by atoms with Gasteiger partial charge in [0.2, 0.25) is 0 Å². The standard InChI is InChI=1S/C14H18F3NO2S/c1-4-9(2)18-12(13(19)20-3)10-5-7-11(8-6-10)21-14(15,16)17/h5-9,12,18H,4H2,1-3H3. The first-order chi connectivity index (χ1) is 9.76. The quantitative estimate of drug-likeness (QED) is 0.637. The van der Waals surface area contributed by atoms with E-state index in [2.05, 4.69) is 5.32 Å². The van der Waals surface area contributed by atoms with Crippen molar-refractivity contribution in [1.82, 2.24) is 5.32 Å². The van der Waals surface area contributed by atoms with E-state index >= 15 is 0 Å². The van der Waals surface area contributed by atoms with Crippen molar-refractivity contribution in [1.29, 1.82) is 0 Å². The van der Waals surface area contributed by atoms with Gasteiger partial charge in [-0.2, -0.15) is 13.2 Å². The molecular formula is C14H18F3NO2S. The monoisotopic (exact) mass is 321 g/mol. The average Bonchev–Trinajstić information content (AvgIpc) is 2.43. The Morgan fingerprint density at radius 2 is 1.90 bits per heavy atom. The first kappa shape index (κ1) is 17.8. The number of methoxy groups -OCH3 is 1. The third-order valence-electron chi connectivity index (χ3n) is 2.95. The predicted octanol–water partition coefficient (Wildman–Crippen LogP) is 3.90. The predicted molar refractivity (Wildman–Crippen MR) is 76.0 cm³/mol. The number of halogens is 3. The van der Waals surface area contributed by atoms with Gasteiger partial charge in [-0.1, -0.05) is 19.1 Å². The van der Waals surface area contributed by atoms with E-state index in [9.17, 15) is 18.0 Å². The highest BCUT2D eigenvalue weighted by atomic mass is 32.2. The van der Waals surface area contributed by atoms with E-state index in [1.54, 1.807) is 0 Å². The molecule has 118 valence electrons. The first-order valence-corrected chi connectivity index (χ1v) is 7.28. The van der Waals surface area contributed by atoms with Crippen LogP contribution in [0.3, 0.4) is 0 Å². The van der Waals surface area contributed by atoms with Gasteiger partial charge in [0.05, 0.1) is 7.11 Å². The van der Waals surface area contributed by atoms with Crippen LogP contribution in [-0.2, 0) is 9.53 Å². The van der Waals surface area contributed by atoms with Crippen molar-refractivity contribution >= 4 is 17.7 Å². The van der Waals surface area contributed by atoms with Crippen molar-refractivity contribution in [3.05, 3.63) is 29.8 Å². The van der Waals surface area contributed by atoms with Crippen LogP contribution >= 0.6 is 11.8 Å². The maximum Gasteiger partial charge on any atom is 0.446 e. The Morgan fingerprint density at radius 1 is 1.33 bits per heavy atom. The van der Waals surface area contributed by atoms with Crippen LogP contribution in [0, 0.1) is 0 Å². The van der Waals surface area contributed by atoms with Gasteiger partial charge in [-0.25, -0.2) is 4.79 Å². The van der Waals surface area contributed by atoms with Gasteiger partial charge in [0.15, 0.2) is 0 Å². The summed E-state index contributed by atoms with van der Waals surface area (Å²) in [5.41, 5.74) is -3.74. The van der Waals surface area contributed by atoms with E-state index in [4.69, 9.17) is 4.74 Å². The Kier molecular flexibility index (Phi) is 6.54. The lowest BCUT2D eigenvalue weighted by molar-refractivity contribution is -0.143. The number of thioether (sulfide) groups is 1. The number of carbonyl (C=O) groups excluding carboxylic acids is 1. The van der Waals surface area contributed by atoms with Crippen LogP contribution in [0.25, 0.3) is 0 Å². The second-order valence-corrected chi connectivity index (χ2v) is 5.69. The fourth-order valence-corrected chi connectivity index (χ4v) is 2.22. The number of rotatable bonds is 6. The molecule has 0 saturated heterocycles. The van der Waals surface area contributed by atoms with E-state index in [0.717, 1.165) is 6.42 Å². The second-order valence-electron chi connectivity index (χ2n) is 4.55. The Labute approximate surface area is 126 Å². The second kappa shape index (κ2) is 7.70. The summed E-state index contributed by atoms with van der Waals surface area (Å²) in [6.45, 7) is 3.89. The Bertz CT molecular complexity index is 462.